The number of amides is 2. The Morgan fingerprint density at radius 2 is 0.717 bits per heavy atom. The van der Waals surface area contributed by atoms with E-state index in [9.17, 15) is 78.2 Å². The van der Waals surface area contributed by atoms with Crippen molar-refractivity contribution in [1.82, 2.24) is 10.6 Å². The molecule has 8 unspecified atom stereocenters. The Morgan fingerprint density at radius 1 is 0.387 bits per heavy atom. The van der Waals surface area contributed by atoms with Crippen molar-refractivity contribution < 1.29 is 116 Å². The van der Waals surface area contributed by atoms with Crippen molar-refractivity contribution in [2.75, 3.05) is 13.2 Å². The minimum absolute atomic E-state index is 0.0955. The van der Waals surface area contributed by atoms with E-state index in [1.807, 2.05) is 0 Å². The van der Waals surface area contributed by atoms with Crippen molar-refractivity contribution in [3.05, 3.63) is 0 Å². The molecule has 0 aromatic heterocycles. The fourth-order valence-corrected chi connectivity index (χ4v) is 15.0. The van der Waals surface area contributed by atoms with Crippen molar-refractivity contribution in [3.8, 4) is 0 Å². The van der Waals surface area contributed by atoms with Gasteiger partial charge in [0.25, 0.3) is 0 Å². The van der Waals surface area contributed by atoms with Gasteiger partial charge in [-0.25, -0.2) is 9.13 Å². The second kappa shape index (κ2) is 61.8. The maximum Gasteiger partial charge on any atom is 0.472 e. The molecule has 0 aromatic carbocycles. The number of nitrogens with one attached hydrogen (secondary N) is 2. The lowest BCUT2D eigenvalue weighted by Gasteiger charge is -2.47. The van der Waals surface area contributed by atoms with E-state index in [1.54, 1.807) is 0 Å². The topological polar surface area (TPSA) is 399 Å². The van der Waals surface area contributed by atoms with Crippen LogP contribution in [-0.4, -0.2) is 174 Å². The van der Waals surface area contributed by atoms with Gasteiger partial charge in [0.2, 0.25) is 11.8 Å². The smallest absolute Gasteiger partial charge is 0.462 e. The van der Waals surface area contributed by atoms with E-state index < -0.39 is 170 Å². The number of carbonyl (C=O) groups excluding carboxylic acids is 5. The summed E-state index contributed by atoms with van der Waals surface area (Å²) in [5.74, 6) is -4.53. The van der Waals surface area contributed by atoms with Gasteiger partial charge in [0.05, 0.1) is 57.2 Å². The molecule has 0 spiro atoms. The molecule has 2 amide bonds. The summed E-state index contributed by atoms with van der Waals surface area (Å²) < 4.78 is 72.4. The number of carbonyl (C=O) groups is 5. The molecule has 2 fully saturated rings. The van der Waals surface area contributed by atoms with Gasteiger partial charge >= 0.3 is 33.6 Å². The number of aliphatic hydroxyl groups excluding tert-OH is 5. The van der Waals surface area contributed by atoms with Crippen molar-refractivity contribution in [1.29, 1.82) is 0 Å². The van der Waals surface area contributed by atoms with Crippen LogP contribution in [0.4, 0.5) is 0 Å². The van der Waals surface area contributed by atoms with E-state index in [0.717, 1.165) is 193 Å². The number of ether oxygens (including phenoxy) is 6. The van der Waals surface area contributed by atoms with Crippen LogP contribution in [-0.2, 0) is 70.6 Å². The molecule has 2 aliphatic heterocycles. The lowest BCUT2D eigenvalue weighted by atomic mass is 9.95. The molecular weight excluding hydrogens is 1410 g/mol. The third kappa shape index (κ3) is 49.6. The zero-order valence-corrected chi connectivity index (χ0v) is 67.6. The van der Waals surface area contributed by atoms with Crippen LogP contribution in [0.5, 0.6) is 0 Å². The van der Waals surface area contributed by atoms with Gasteiger partial charge in [-0.15, -0.1) is 0 Å². The van der Waals surface area contributed by atoms with Gasteiger partial charge in [-0.1, -0.05) is 298 Å². The molecule has 624 valence electrons. The molecule has 106 heavy (non-hydrogen) atoms. The van der Waals surface area contributed by atoms with E-state index in [1.165, 1.54) is 51.4 Å². The van der Waals surface area contributed by atoms with Crippen molar-refractivity contribution in [2.24, 2.45) is 0 Å². The quantitative estimate of drug-likeness (QED) is 0.0117. The van der Waals surface area contributed by atoms with E-state index in [-0.39, 0.29) is 32.1 Å². The molecule has 0 aromatic rings. The number of unbranched alkanes of at least 4 members (excludes halogenated alkanes) is 38. The molecule has 28 heteroatoms. The molecule has 0 saturated carbocycles. The van der Waals surface area contributed by atoms with Gasteiger partial charge < -0.3 is 84.2 Å². The highest BCUT2D eigenvalue weighted by molar-refractivity contribution is 7.46. The van der Waals surface area contributed by atoms with Crippen LogP contribution in [0.1, 0.15) is 369 Å². The lowest BCUT2D eigenvalue weighted by Crippen LogP contribution is -2.68. The van der Waals surface area contributed by atoms with Crippen LogP contribution in [0.3, 0.4) is 0 Å². The van der Waals surface area contributed by atoms with Gasteiger partial charge in [0.1, 0.15) is 42.6 Å². The summed E-state index contributed by atoms with van der Waals surface area (Å²) in [6.45, 7) is 8.62. The minimum Gasteiger partial charge on any atom is -0.462 e. The Labute approximate surface area is 636 Å². The van der Waals surface area contributed by atoms with E-state index in [2.05, 4.69) is 45.3 Å². The Balaban J connectivity index is 2.69. The van der Waals surface area contributed by atoms with Gasteiger partial charge in [0, 0.05) is 6.42 Å². The monoisotopic (exact) mass is 1560 g/mol. The zero-order valence-electron chi connectivity index (χ0n) is 65.8. The third-order valence-electron chi connectivity index (χ3n) is 20.1. The molecule has 2 saturated heterocycles. The predicted molar refractivity (Wildman–Crippen MR) is 406 cm³/mol. The number of phosphoric ester groups is 2. The normalized spacial score (nSPS) is 21.8. The van der Waals surface area contributed by atoms with Crippen molar-refractivity contribution >= 4 is 45.4 Å². The highest BCUT2D eigenvalue weighted by atomic mass is 31.2. The summed E-state index contributed by atoms with van der Waals surface area (Å²) in [6.07, 6.45) is 20.5. The second-order valence-corrected chi connectivity index (χ2v) is 32.5. The number of hydrogen-bond donors (Lipinski definition) is 11. The molecule has 11 N–H and O–H groups in total. The fraction of sp³-hybridized carbons (Fsp3) is 0.936. The van der Waals surface area contributed by atoms with Crippen molar-refractivity contribution in [2.45, 2.75) is 454 Å². The first-order valence-corrected chi connectivity index (χ1v) is 44.8. The molecule has 0 bridgehead atoms. The van der Waals surface area contributed by atoms with Crippen LogP contribution >= 0.6 is 15.6 Å². The van der Waals surface area contributed by atoms with Crippen LogP contribution in [0.15, 0.2) is 0 Å². The molecule has 14 atom stereocenters. The first kappa shape index (κ1) is 99.3. The summed E-state index contributed by atoms with van der Waals surface area (Å²) in [7, 11) is -11.3. The Bertz CT molecular complexity index is 2340. The highest BCUT2D eigenvalue weighted by Gasteiger charge is 2.55. The van der Waals surface area contributed by atoms with E-state index in [0.29, 0.717) is 32.1 Å². The zero-order chi connectivity index (χ0) is 78.2. The summed E-state index contributed by atoms with van der Waals surface area (Å²) in [6, 6.07) is -3.81. The van der Waals surface area contributed by atoms with Gasteiger partial charge in [-0.2, -0.15) is 0 Å². The maximum atomic E-state index is 14.8. The predicted octanol–water partition coefficient (Wildman–Crippen LogP) is 14.6. The van der Waals surface area contributed by atoms with Crippen LogP contribution < -0.4 is 10.6 Å². The van der Waals surface area contributed by atoms with Crippen LogP contribution in [0.25, 0.3) is 0 Å². The Kier molecular flexibility index (Phi) is 57.9. The standard InChI is InChI=1S/C78H148N2O24P2/c1-6-11-16-21-25-29-30-34-38-43-48-53-68(87)98-63(52-47-42-37-33-28-24-19-14-9-4)57-67(86)80-72-76(102-70(89)56-62(84)51-46-41-36-32-27-23-18-13-8-3)74(103-105(91,92)93)64(58-81)99-77(72)97-59-65-73(90)75(101-69(88)55-61(83)50-44-39-20-15-10-5)71(78(100-65)104-106(94,95)96)79-66(85)54-60(82)49-45-40-35-31-26-22-17-12-7-2/h60-65,71-78,81-84,90H,6-59H2,1-5H3,(H,79,85)(H,80,86)(H2,91,92,93)(H2,94,95,96)/t60?,61?,62?,63?,64?,65?,71-,72-,73+,74+,75?,76?,77+,78+/m0/s1. The van der Waals surface area contributed by atoms with Crippen molar-refractivity contribution in [3.63, 3.8) is 0 Å². The Morgan fingerprint density at radius 3 is 1.10 bits per heavy atom. The molecule has 0 aliphatic carbocycles. The number of phosphoric acid groups is 2. The summed E-state index contributed by atoms with van der Waals surface area (Å²) in [5, 5.41) is 61.7. The van der Waals surface area contributed by atoms with Crippen LogP contribution in [0, 0.1) is 0 Å². The molecular formula is C78H148N2O24P2. The number of aliphatic hydroxyl groups is 5. The number of hydrogen-bond acceptors (Lipinski definition) is 20. The Hall–Kier alpha value is -2.75. The average molecular weight is 1560 g/mol. The summed E-state index contributed by atoms with van der Waals surface area (Å²) >= 11 is 0. The minimum atomic E-state index is -5.64. The first-order chi connectivity index (χ1) is 50.9. The molecule has 2 heterocycles. The molecule has 2 aliphatic rings. The fourth-order valence-electron chi connectivity index (χ4n) is 14.0. The van der Waals surface area contributed by atoms with Crippen LogP contribution in [0.2, 0.25) is 0 Å². The lowest BCUT2D eigenvalue weighted by molar-refractivity contribution is -0.296. The maximum absolute atomic E-state index is 14.8. The van der Waals surface area contributed by atoms with Gasteiger partial charge in [-0.3, -0.25) is 33.0 Å². The highest BCUT2D eigenvalue weighted by Crippen LogP contribution is 2.44. The summed E-state index contributed by atoms with van der Waals surface area (Å²) in [5.41, 5.74) is 0. The molecule has 0 radical (unpaired) electrons. The SMILES string of the molecule is CCCCCCCCCCCCCC(=O)OC(CCCCCCCCCCC)CC(=O)N[C@H]1C(OC(=O)CC(O)CCCCCCCCCCC)[C@H](OP(=O)(O)O)C(CO)O[C@H]1OCC1O[C@H](OP(=O)(O)O)[C@@H](NC(=O)CC(O)CCCCCCCCCCC)C(OC(=O)CC(O)CCCCCCC)[C@@H]1O. The van der Waals surface area contributed by atoms with E-state index >= 15 is 0 Å². The molecule has 26 nitrogen and oxygen atoms in total. The average Bonchev–Trinajstić information content (AvgIpc) is 0.775. The number of esters is 3. The summed E-state index contributed by atoms with van der Waals surface area (Å²) in [4.78, 5) is 112. The van der Waals surface area contributed by atoms with Gasteiger partial charge in [-0.05, 0) is 38.5 Å². The van der Waals surface area contributed by atoms with Gasteiger partial charge in [0.15, 0.2) is 24.8 Å². The molecule has 2 rings (SSSR count). The third-order valence-corrected chi connectivity index (χ3v) is 21.1. The largest absolute Gasteiger partial charge is 0.472 e. The second-order valence-electron chi connectivity index (χ2n) is 30.1. The number of rotatable bonds is 69. The van der Waals surface area contributed by atoms with E-state index in [4.69, 9.17) is 37.5 Å². The first-order valence-electron chi connectivity index (χ1n) is 41.8.